The molecular formula is C24H23F3N8O. The number of carbonyl (C=O) groups is 1. The van der Waals surface area contributed by atoms with Gasteiger partial charge in [-0.1, -0.05) is 0 Å². The predicted molar refractivity (Wildman–Crippen MR) is 128 cm³/mol. The molecule has 3 aromatic heterocycles. The number of amides is 2. The molecule has 1 N–H and O–H groups in total. The Kier molecular flexibility index (Phi) is 5.38. The molecule has 0 saturated carbocycles. The fraction of sp³-hybridized carbons (Fsp3) is 0.375. The Morgan fingerprint density at radius 2 is 1.86 bits per heavy atom. The van der Waals surface area contributed by atoms with Crippen LogP contribution in [0.3, 0.4) is 0 Å². The summed E-state index contributed by atoms with van der Waals surface area (Å²) >= 11 is 0. The number of rotatable bonds is 3. The van der Waals surface area contributed by atoms with Gasteiger partial charge in [-0.2, -0.15) is 13.2 Å². The Hall–Kier alpha value is -3.96. The average Bonchev–Trinajstić information content (AvgIpc) is 3.53. The van der Waals surface area contributed by atoms with Crippen molar-refractivity contribution in [1.29, 1.82) is 0 Å². The molecule has 12 heteroatoms. The molecule has 0 aromatic carbocycles. The van der Waals surface area contributed by atoms with Gasteiger partial charge in [-0.25, -0.2) is 19.7 Å². The zero-order valence-corrected chi connectivity index (χ0v) is 19.2. The molecule has 2 saturated heterocycles. The van der Waals surface area contributed by atoms with Crippen LogP contribution in [0.1, 0.15) is 12.8 Å². The summed E-state index contributed by atoms with van der Waals surface area (Å²) in [5.41, 5.74) is 2.20. The molecule has 0 spiro atoms. The van der Waals surface area contributed by atoms with Crippen LogP contribution in [0.25, 0.3) is 11.3 Å². The molecule has 3 aliphatic rings. The van der Waals surface area contributed by atoms with Crippen molar-refractivity contribution in [3.8, 4) is 11.3 Å². The number of nitrogens with zero attached hydrogens (tertiary/aromatic N) is 7. The van der Waals surface area contributed by atoms with Gasteiger partial charge in [0, 0.05) is 50.3 Å². The van der Waals surface area contributed by atoms with Gasteiger partial charge in [-0.3, -0.25) is 15.2 Å². The van der Waals surface area contributed by atoms with E-state index in [1.54, 1.807) is 28.1 Å². The molecule has 9 nitrogen and oxygen atoms in total. The highest BCUT2D eigenvalue weighted by atomic mass is 19.4. The number of fused-ring (bicyclic) bond motifs is 4. The lowest BCUT2D eigenvalue weighted by molar-refractivity contribution is -0.168. The van der Waals surface area contributed by atoms with Crippen molar-refractivity contribution in [2.24, 2.45) is 5.92 Å². The molecule has 3 aromatic rings. The van der Waals surface area contributed by atoms with E-state index in [1.165, 1.54) is 18.6 Å². The molecule has 1 unspecified atom stereocenters. The van der Waals surface area contributed by atoms with Crippen LogP contribution < -0.4 is 20.0 Å². The first-order chi connectivity index (χ1) is 17.4. The molecule has 6 rings (SSSR count). The van der Waals surface area contributed by atoms with Gasteiger partial charge >= 0.3 is 12.2 Å². The van der Waals surface area contributed by atoms with Crippen molar-refractivity contribution in [1.82, 2.24) is 19.9 Å². The minimum atomic E-state index is -4.21. The minimum Gasteiger partial charge on any atom is -0.366 e. The largest absolute Gasteiger partial charge is 0.393 e. The van der Waals surface area contributed by atoms with Crippen LogP contribution in [0.5, 0.6) is 0 Å². The highest BCUT2D eigenvalue weighted by molar-refractivity contribution is 6.04. The summed E-state index contributed by atoms with van der Waals surface area (Å²) < 4.78 is 39.5. The van der Waals surface area contributed by atoms with Crippen LogP contribution in [0.15, 0.2) is 49.1 Å². The van der Waals surface area contributed by atoms with E-state index in [9.17, 15) is 18.0 Å². The third-order valence-electron chi connectivity index (χ3n) is 6.99. The Labute approximate surface area is 205 Å². The van der Waals surface area contributed by atoms with Crippen LogP contribution in [0.2, 0.25) is 0 Å². The number of anilines is 4. The standard InChI is InChI=1S/C24H23F3N8O/c25-24(26,27)16-4-9-34(13-16)21-11-15(3-6-30-21)18-1-2-19-22(31-18)35(17-5-10-33(19)14-17)23(36)32-20-12-28-7-8-29-20/h1-3,6-8,11-12,16-17H,4-5,9-10,13-14H2,(H,29,32,36)/t16?,17-/m0/s1. The third kappa shape index (κ3) is 4.06. The topological polar surface area (TPSA) is 90.4 Å². The Morgan fingerprint density at radius 1 is 1.00 bits per heavy atom. The number of hydrogen-bond acceptors (Lipinski definition) is 7. The molecule has 2 amide bonds. The smallest absolute Gasteiger partial charge is 0.366 e. The van der Waals surface area contributed by atoms with E-state index in [0.717, 1.165) is 30.8 Å². The minimum absolute atomic E-state index is 0.0335. The maximum atomic E-state index is 13.3. The maximum absolute atomic E-state index is 13.3. The summed E-state index contributed by atoms with van der Waals surface area (Å²) in [6, 6.07) is 6.98. The molecule has 36 heavy (non-hydrogen) atoms. The Bertz CT molecular complexity index is 1290. The number of aromatic nitrogens is 4. The van der Waals surface area contributed by atoms with Crippen molar-refractivity contribution in [2.45, 2.75) is 25.1 Å². The van der Waals surface area contributed by atoms with E-state index < -0.39 is 12.1 Å². The SMILES string of the molecule is O=C(Nc1cnccn1)N1c2nc(-c3ccnc(N4CCC(C(F)(F)F)C4)c3)ccc2N2CC[C@H]1C2. The monoisotopic (exact) mass is 496 g/mol. The summed E-state index contributed by atoms with van der Waals surface area (Å²) in [5.74, 6) is 0.0251. The first kappa shape index (κ1) is 22.5. The van der Waals surface area contributed by atoms with E-state index >= 15 is 0 Å². The number of hydrogen-bond donors (Lipinski definition) is 1. The average molecular weight is 496 g/mol. The van der Waals surface area contributed by atoms with Gasteiger partial charge in [0.15, 0.2) is 11.6 Å². The number of nitrogens with one attached hydrogen (secondary N) is 1. The third-order valence-corrected chi connectivity index (χ3v) is 6.99. The zero-order chi connectivity index (χ0) is 24.9. The lowest BCUT2D eigenvalue weighted by Gasteiger charge is -2.35. The van der Waals surface area contributed by atoms with Crippen LogP contribution in [0, 0.1) is 5.92 Å². The molecular weight excluding hydrogens is 473 g/mol. The van der Waals surface area contributed by atoms with Gasteiger partial charge in [0.1, 0.15) is 5.82 Å². The van der Waals surface area contributed by atoms with Crippen molar-refractivity contribution in [3.05, 3.63) is 49.1 Å². The van der Waals surface area contributed by atoms with Crippen LogP contribution in [-0.4, -0.2) is 64.4 Å². The summed E-state index contributed by atoms with van der Waals surface area (Å²) in [6.07, 6.45) is 2.76. The second-order valence-electron chi connectivity index (χ2n) is 9.19. The molecule has 2 fully saturated rings. The molecule has 6 heterocycles. The van der Waals surface area contributed by atoms with E-state index in [-0.39, 0.29) is 25.0 Å². The molecule has 186 valence electrons. The van der Waals surface area contributed by atoms with E-state index in [0.29, 0.717) is 29.7 Å². The highest BCUT2D eigenvalue weighted by Crippen LogP contribution is 2.41. The number of alkyl halides is 3. The summed E-state index contributed by atoms with van der Waals surface area (Å²) in [5, 5.41) is 2.80. The van der Waals surface area contributed by atoms with Gasteiger partial charge in [0.2, 0.25) is 0 Å². The van der Waals surface area contributed by atoms with E-state index in [4.69, 9.17) is 4.98 Å². The molecule has 2 bridgehead atoms. The second kappa shape index (κ2) is 8.61. The number of pyridine rings is 2. The zero-order valence-electron chi connectivity index (χ0n) is 19.2. The van der Waals surface area contributed by atoms with Gasteiger partial charge in [-0.05, 0) is 37.1 Å². The van der Waals surface area contributed by atoms with Crippen LogP contribution in [-0.2, 0) is 0 Å². The molecule has 0 aliphatic carbocycles. The normalized spacial score (nSPS) is 21.0. The fourth-order valence-corrected chi connectivity index (χ4v) is 5.15. The van der Waals surface area contributed by atoms with Crippen LogP contribution in [0.4, 0.5) is 41.1 Å². The van der Waals surface area contributed by atoms with Crippen molar-refractivity contribution in [2.75, 3.05) is 46.2 Å². The molecule has 3 aliphatic heterocycles. The summed E-state index contributed by atoms with van der Waals surface area (Å²) in [4.78, 5) is 36.1. The van der Waals surface area contributed by atoms with Gasteiger partial charge in [0.05, 0.1) is 29.5 Å². The van der Waals surface area contributed by atoms with E-state index in [1.807, 2.05) is 12.1 Å². The number of halogens is 3. The van der Waals surface area contributed by atoms with E-state index in [2.05, 4.69) is 25.2 Å². The molecule has 0 radical (unpaired) electrons. The van der Waals surface area contributed by atoms with Crippen molar-refractivity contribution < 1.29 is 18.0 Å². The highest BCUT2D eigenvalue weighted by Gasteiger charge is 2.44. The Morgan fingerprint density at radius 3 is 2.64 bits per heavy atom. The molecule has 2 atom stereocenters. The van der Waals surface area contributed by atoms with Crippen molar-refractivity contribution >= 4 is 29.2 Å². The van der Waals surface area contributed by atoms with Gasteiger partial charge in [0.25, 0.3) is 0 Å². The summed E-state index contributed by atoms with van der Waals surface area (Å²) in [6.45, 7) is 1.73. The van der Waals surface area contributed by atoms with Crippen molar-refractivity contribution in [3.63, 3.8) is 0 Å². The fourth-order valence-electron chi connectivity index (χ4n) is 5.15. The lowest BCUT2D eigenvalue weighted by atomic mass is 10.1. The second-order valence-corrected chi connectivity index (χ2v) is 9.19. The quantitative estimate of drug-likeness (QED) is 0.587. The number of carbonyl (C=O) groups excluding carboxylic acids is 1. The maximum Gasteiger partial charge on any atom is 0.393 e. The van der Waals surface area contributed by atoms with Gasteiger partial charge < -0.3 is 9.80 Å². The van der Waals surface area contributed by atoms with Gasteiger partial charge in [-0.15, -0.1) is 0 Å². The Balaban J connectivity index is 1.30. The first-order valence-electron chi connectivity index (χ1n) is 11.8. The number of urea groups is 1. The first-order valence-corrected chi connectivity index (χ1v) is 11.8. The summed E-state index contributed by atoms with van der Waals surface area (Å²) in [7, 11) is 0. The predicted octanol–water partition coefficient (Wildman–Crippen LogP) is 3.95. The van der Waals surface area contributed by atoms with Crippen LogP contribution >= 0.6 is 0 Å². The lowest BCUT2D eigenvalue weighted by Crippen LogP contribution is -2.48.